The predicted octanol–water partition coefficient (Wildman–Crippen LogP) is 0.911. The molecule has 1 fully saturated rings. The molecule has 0 unspecified atom stereocenters. The molecule has 2 aromatic heterocycles. The summed E-state index contributed by atoms with van der Waals surface area (Å²) in [5.41, 5.74) is 0.447. The minimum Gasteiger partial charge on any atom is -0.479 e. The van der Waals surface area contributed by atoms with E-state index in [1.54, 1.807) is 29.0 Å². The fourth-order valence-corrected chi connectivity index (χ4v) is 2.85. The van der Waals surface area contributed by atoms with Crippen LogP contribution in [0, 0.1) is 0 Å². The van der Waals surface area contributed by atoms with Crippen molar-refractivity contribution in [3.05, 3.63) is 24.2 Å². The third-order valence-electron chi connectivity index (χ3n) is 3.99. The maximum atomic E-state index is 12.8. The van der Waals surface area contributed by atoms with E-state index in [1.165, 1.54) is 20.4 Å². The number of hydrogen-bond donors (Lipinski definition) is 0. The van der Waals surface area contributed by atoms with Crippen LogP contribution >= 0.6 is 0 Å². The minimum absolute atomic E-state index is 0.121. The maximum Gasteiger partial charge on any atom is 0.278 e. The zero-order chi connectivity index (χ0) is 17.8. The Hall–Kier alpha value is -2.84. The summed E-state index contributed by atoms with van der Waals surface area (Å²) in [5, 5.41) is 4.14. The number of aryl methyl sites for hydroxylation is 1. The number of aromatic nitrogens is 4. The zero-order valence-electron chi connectivity index (χ0n) is 14.5. The van der Waals surface area contributed by atoms with E-state index in [0.717, 1.165) is 12.8 Å². The molecule has 1 atom stereocenters. The average Bonchev–Trinajstić information content (AvgIpc) is 3.02. The van der Waals surface area contributed by atoms with Gasteiger partial charge < -0.3 is 19.1 Å². The highest BCUT2D eigenvalue weighted by Gasteiger charge is 2.29. The average molecular weight is 347 g/mol. The van der Waals surface area contributed by atoms with Crippen molar-refractivity contribution in [2.75, 3.05) is 27.3 Å². The summed E-state index contributed by atoms with van der Waals surface area (Å²) < 4.78 is 17.8. The van der Waals surface area contributed by atoms with Crippen molar-refractivity contribution in [1.82, 2.24) is 24.6 Å². The van der Waals surface area contributed by atoms with E-state index in [1.807, 2.05) is 0 Å². The molecule has 1 aliphatic rings. The number of methoxy groups -OCH3 is 2. The number of carbonyl (C=O) groups excluding carboxylic acids is 1. The second-order valence-corrected chi connectivity index (χ2v) is 5.73. The first-order valence-electron chi connectivity index (χ1n) is 8.01. The molecule has 25 heavy (non-hydrogen) atoms. The van der Waals surface area contributed by atoms with Crippen LogP contribution in [0.4, 0.5) is 0 Å². The number of piperidine rings is 1. The molecule has 1 aliphatic heterocycles. The Morgan fingerprint density at radius 1 is 1.16 bits per heavy atom. The van der Waals surface area contributed by atoms with Gasteiger partial charge in [-0.25, -0.2) is 9.97 Å². The molecule has 0 aromatic carbocycles. The largest absolute Gasteiger partial charge is 0.479 e. The molecule has 9 heteroatoms. The van der Waals surface area contributed by atoms with Crippen LogP contribution in [0.5, 0.6) is 17.6 Å². The smallest absolute Gasteiger partial charge is 0.278 e. The standard InChI is InChI=1S/C16H21N5O4/c1-20-10-12(13(19-20)23-2)16(22)21-8-4-5-11(9-21)25-15-14(24-3)17-6-7-18-15/h6-7,10-11H,4-5,8-9H2,1-3H3/t11-/m0/s1. The maximum absolute atomic E-state index is 12.8. The Morgan fingerprint density at radius 3 is 2.60 bits per heavy atom. The SMILES string of the molecule is COc1nn(C)cc1C(=O)N1CCC[C@H](Oc2nccnc2OC)C1. The Kier molecular flexibility index (Phi) is 5.01. The van der Waals surface area contributed by atoms with Crippen LogP contribution in [0.1, 0.15) is 23.2 Å². The minimum atomic E-state index is -0.175. The van der Waals surface area contributed by atoms with Crippen LogP contribution in [-0.4, -0.2) is 64.0 Å². The van der Waals surface area contributed by atoms with Crippen LogP contribution in [0.25, 0.3) is 0 Å². The molecule has 0 spiro atoms. The molecule has 0 radical (unpaired) electrons. The molecule has 3 rings (SSSR count). The lowest BCUT2D eigenvalue weighted by Crippen LogP contribution is -2.44. The van der Waals surface area contributed by atoms with Gasteiger partial charge in [0, 0.05) is 32.2 Å². The molecule has 2 aromatic rings. The van der Waals surface area contributed by atoms with Gasteiger partial charge in [0.05, 0.1) is 20.8 Å². The lowest BCUT2D eigenvalue weighted by molar-refractivity contribution is 0.0516. The summed E-state index contributed by atoms with van der Waals surface area (Å²) in [4.78, 5) is 22.8. The summed E-state index contributed by atoms with van der Waals surface area (Å²) in [7, 11) is 4.77. The van der Waals surface area contributed by atoms with Crippen LogP contribution in [-0.2, 0) is 7.05 Å². The van der Waals surface area contributed by atoms with Crippen LogP contribution < -0.4 is 14.2 Å². The van der Waals surface area contributed by atoms with Crippen molar-refractivity contribution in [2.45, 2.75) is 18.9 Å². The highest BCUT2D eigenvalue weighted by Crippen LogP contribution is 2.25. The van der Waals surface area contributed by atoms with E-state index in [2.05, 4.69) is 15.1 Å². The predicted molar refractivity (Wildman–Crippen MR) is 87.9 cm³/mol. The molecule has 0 N–H and O–H groups in total. The fourth-order valence-electron chi connectivity index (χ4n) is 2.85. The van der Waals surface area contributed by atoms with Gasteiger partial charge in [0.1, 0.15) is 11.7 Å². The highest BCUT2D eigenvalue weighted by molar-refractivity contribution is 5.96. The monoisotopic (exact) mass is 347 g/mol. The van der Waals surface area contributed by atoms with E-state index in [-0.39, 0.29) is 12.0 Å². The van der Waals surface area contributed by atoms with Crippen LogP contribution in [0.15, 0.2) is 18.6 Å². The van der Waals surface area contributed by atoms with E-state index in [0.29, 0.717) is 36.3 Å². The summed E-state index contributed by atoms with van der Waals surface area (Å²) >= 11 is 0. The summed E-state index contributed by atoms with van der Waals surface area (Å²) in [6, 6.07) is 0. The van der Waals surface area contributed by atoms with Crippen molar-refractivity contribution in [2.24, 2.45) is 7.05 Å². The number of hydrogen-bond acceptors (Lipinski definition) is 7. The van der Waals surface area contributed by atoms with Crippen molar-refractivity contribution in [3.63, 3.8) is 0 Å². The van der Waals surface area contributed by atoms with Gasteiger partial charge in [0.2, 0.25) is 5.88 Å². The lowest BCUT2D eigenvalue weighted by Gasteiger charge is -2.32. The Morgan fingerprint density at radius 2 is 1.88 bits per heavy atom. The van der Waals surface area contributed by atoms with Gasteiger partial charge in [-0.3, -0.25) is 9.48 Å². The van der Waals surface area contributed by atoms with Gasteiger partial charge in [0.25, 0.3) is 17.7 Å². The fraction of sp³-hybridized carbons (Fsp3) is 0.500. The molecule has 1 saturated heterocycles. The van der Waals surface area contributed by atoms with Gasteiger partial charge in [-0.15, -0.1) is 5.10 Å². The first-order valence-corrected chi connectivity index (χ1v) is 8.01. The number of rotatable bonds is 5. The van der Waals surface area contributed by atoms with Crippen molar-refractivity contribution in [1.29, 1.82) is 0 Å². The van der Waals surface area contributed by atoms with Crippen LogP contribution in [0.2, 0.25) is 0 Å². The molecule has 134 valence electrons. The second-order valence-electron chi connectivity index (χ2n) is 5.73. The normalized spacial score (nSPS) is 17.2. The summed E-state index contributed by atoms with van der Waals surface area (Å²) in [5.74, 6) is 0.874. The highest BCUT2D eigenvalue weighted by atomic mass is 16.5. The van der Waals surface area contributed by atoms with E-state index in [4.69, 9.17) is 14.2 Å². The summed E-state index contributed by atoms with van der Waals surface area (Å²) in [6.07, 6.45) is 6.24. The Labute approximate surface area is 145 Å². The molecule has 0 saturated carbocycles. The Balaban J connectivity index is 1.71. The third-order valence-corrected chi connectivity index (χ3v) is 3.99. The van der Waals surface area contributed by atoms with Gasteiger partial charge in [0.15, 0.2) is 0 Å². The van der Waals surface area contributed by atoms with Crippen LogP contribution in [0.3, 0.4) is 0 Å². The topological polar surface area (TPSA) is 91.6 Å². The van der Waals surface area contributed by atoms with Crippen molar-refractivity contribution >= 4 is 5.91 Å². The van der Waals surface area contributed by atoms with Gasteiger partial charge in [-0.05, 0) is 12.8 Å². The molecule has 0 bridgehead atoms. The third kappa shape index (κ3) is 3.65. The molecule has 3 heterocycles. The zero-order valence-corrected chi connectivity index (χ0v) is 14.5. The molecular formula is C16H21N5O4. The molecular weight excluding hydrogens is 326 g/mol. The van der Waals surface area contributed by atoms with E-state index < -0.39 is 0 Å². The van der Waals surface area contributed by atoms with Crippen molar-refractivity contribution in [3.8, 4) is 17.6 Å². The molecule has 1 amide bonds. The number of nitrogens with zero attached hydrogens (tertiary/aromatic N) is 5. The van der Waals surface area contributed by atoms with E-state index >= 15 is 0 Å². The summed E-state index contributed by atoms with van der Waals surface area (Å²) in [6.45, 7) is 1.12. The van der Waals surface area contributed by atoms with Gasteiger partial charge in [-0.1, -0.05) is 0 Å². The van der Waals surface area contributed by atoms with Gasteiger partial charge >= 0.3 is 0 Å². The number of ether oxygens (including phenoxy) is 3. The Bertz CT molecular complexity index is 748. The second kappa shape index (κ2) is 7.37. The molecule has 0 aliphatic carbocycles. The quantitative estimate of drug-likeness (QED) is 0.794. The molecule has 9 nitrogen and oxygen atoms in total. The first-order chi connectivity index (χ1) is 12.1. The number of carbonyl (C=O) groups is 1. The van der Waals surface area contributed by atoms with E-state index in [9.17, 15) is 4.79 Å². The lowest BCUT2D eigenvalue weighted by atomic mass is 10.1. The first kappa shape index (κ1) is 17.0. The number of amides is 1. The number of likely N-dealkylation sites (tertiary alicyclic amines) is 1. The van der Waals surface area contributed by atoms with Crippen molar-refractivity contribution < 1.29 is 19.0 Å². The van der Waals surface area contributed by atoms with Gasteiger partial charge in [-0.2, -0.15) is 0 Å².